The summed E-state index contributed by atoms with van der Waals surface area (Å²) in [6.07, 6.45) is 5.28. The molecular weight excluding hydrogens is 270 g/mol. The molecule has 0 fully saturated rings. The lowest BCUT2D eigenvalue weighted by molar-refractivity contribution is -0.149. The Labute approximate surface area is 123 Å². The molecule has 0 saturated heterocycles. The van der Waals surface area contributed by atoms with Gasteiger partial charge in [0.2, 0.25) is 5.89 Å². The van der Waals surface area contributed by atoms with Gasteiger partial charge in [0.05, 0.1) is 5.41 Å². The third-order valence-electron chi connectivity index (χ3n) is 3.92. The summed E-state index contributed by atoms with van der Waals surface area (Å²) in [6.45, 7) is 3.73. The Balaban J connectivity index is 2.11. The van der Waals surface area contributed by atoms with Gasteiger partial charge in [-0.3, -0.25) is 9.78 Å². The molecule has 2 aromatic rings. The number of hydrogen-bond donors (Lipinski definition) is 1. The standard InChI is InChI=1S/C15H19N3O3/c1-3-15(4-2,14(19)20)10-13-17-12(18-21-13)9-11-5-7-16-8-6-11/h5-8H,3-4,9-10H2,1-2H3,(H,19,20). The molecule has 2 rings (SSSR count). The maximum Gasteiger partial charge on any atom is 0.310 e. The molecule has 1 N–H and O–H groups in total. The van der Waals surface area contributed by atoms with Gasteiger partial charge in [0.1, 0.15) is 0 Å². The van der Waals surface area contributed by atoms with Crippen molar-refractivity contribution >= 4 is 5.97 Å². The van der Waals surface area contributed by atoms with Crippen LogP contribution in [0, 0.1) is 5.41 Å². The zero-order valence-corrected chi connectivity index (χ0v) is 12.2. The number of aliphatic carboxylic acids is 1. The summed E-state index contributed by atoms with van der Waals surface area (Å²) in [5.74, 6) is 0.120. The second kappa shape index (κ2) is 6.47. The highest BCUT2D eigenvalue weighted by atomic mass is 16.5. The number of rotatable bonds is 7. The minimum absolute atomic E-state index is 0.263. The Hall–Kier alpha value is -2.24. The lowest BCUT2D eigenvalue weighted by Crippen LogP contribution is -2.32. The lowest BCUT2D eigenvalue weighted by Gasteiger charge is -2.24. The highest BCUT2D eigenvalue weighted by molar-refractivity contribution is 5.74. The van der Waals surface area contributed by atoms with Crippen molar-refractivity contribution in [3.8, 4) is 0 Å². The van der Waals surface area contributed by atoms with Crippen LogP contribution in [0.25, 0.3) is 0 Å². The Kier molecular flexibility index (Phi) is 4.67. The average Bonchev–Trinajstić information content (AvgIpc) is 2.92. The van der Waals surface area contributed by atoms with Crippen molar-refractivity contribution in [2.75, 3.05) is 0 Å². The number of hydrogen-bond acceptors (Lipinski definition) is 5. The van der Waals surface area contributed by atoms with Crippen LogP contribution in [-0.2, 0) is 17.6 Å². The van der Waals surface area contributed by atoms with Gasteiger partial charge < -0.3 is 9.63 Å². The molecule has 2 heterocycles. The molecule has 0 bridgehead atoms. The first-order chi connectivity index (χ1) is 10.1. The van der Waals surface area contributed by atoms with Gasteiger partial charge in [-0.05, 0) is 30.5 Å². The van der Waals surface area contributed by atoms with Crippen LogP contribution >= 0.6 is 0 Å². The Bertz CT molecular complexity index is 591. The summed E-state index contributed by atoms with van der Waals surface area (Å²) < 4.78 is 5.21. The normalized spacial score (nSPS) is 11.5. The molecule has 0 aliphatic carbocycles. The van der Waals surface area contributed by atoms with Gasteiger partial charge in [-0.2, -0.15) is 4.98 Å². The van der Waals surface area contributed by atoms with Crippen LogP contribution in [-0.4, -0.2) is 26.2 Å². The molecule has 0 aliphatic rings. The molecule has 6 nitrogen and oxygen atoms in total. The van der Waals surface area contributed by atoms with Gasteiger partial charge >= 0.3 is 5.97 Å². The second-order valence-electron chi connectivity index (χ2n) is 5.11. The van der Waals surface area contributed by atoms with E-state index in [9.17, 15) is 9.90 Å². The van der Waals surface area contributed by atoms with Crippen LogP contribution in [0.15, 0.2) is 29.0 Å². The minimum Gasteiger partial charge on any atom is -0.481 e. The van der Waals surface area contributed by atoms with Crippen LogP contribution in [0.4, 0.5) is 0 Å². The van der Waals surface area contributed by atoms with E-state index in [0.29, 0.717) is 31.0 Å². The Morgan fingerprint density at radius 1 is 1.29 bits per heavy atom. The molecule has 2 aromatic heterocycles. The molecule has 0 unspecified atom stereocenters. The molecule has 0 spiro atoms. The molecule has 0 amide bonds. The fraction of sp³-hybridized carbons (Fsp3) is 0.467. The van der Waals surface area contributed by atoms with Gasteiger partial charge in [0.25, 0.3) is 0 Å². The maximum absolute atomic E-state index is 11.5. The first kappa shape index (κ1) is 15.2. The van der Waals surface area contributed by atoms with Crippen molar-refractivity contribution in [3.05, 3.63) is 41.8 Å². The molecule has 112 valence electrons. The van der Waals surface area contributed by atoms with Gasteiger partial charge in [-0.1, -0.05) is 19.0 Å². The van der Waals surface area contributed by atoms with Crippen LogP contribution in [0.1, 0.15) is 44.0 Å². The fourth-order valence-electron chi connectivity index (χ4n) is 2.28. The molecule has 0 radical (unpaired) electrons. The third-order valence-corrected chi connectivity index (χ3v) is 3.92. The second-order valence-corrected chi connectivity index (χ2v) is 5.11. The Morgan fingerprint density at radius 3 is 2.52 bits per heavy atom. The smallest absolute Gasteiger partial charge is 0.310 e. The lowest BCUT2D eigenvalue weighted by atomic mass is 9.79. The molecule has 0 aromatic carbocycles. The van der Waals surface area contributed by atoms with E-state index in [2.05, 4.69) is 15.1 Å². The summed E-state index contributed by atoms with van der Waals surface area (Å²) >= 11 is 0. The highest BCUT2D eigenvalue weighted by Gasteiger charge is 2.37. The van der Waals surface area contributed by atoms with Gasteiger partial charge in [0.15, 0.2) is 5.82 Å². The maximum atomic E-state index is 11.5. The first-order valence-corrected chi connectivity index (χ1v) is 7.03. The number of aromatic nitrogens is 3. The summed E-state index contributed by atoms with van der Waals surface area (Å²) in [4.78, 5) is 19.7. The fourth-order valence-corrected chi connectivity index (χ4v) is 2.28. The van der Waals surface area contributed by atoms with E-state index in [1.54, 1.807) is 12.4 Å². The van der Waals surface area contributed by atoms with Gasteiger partial charge in [0, 0.05) is 25.2 Å². The summed E-state index contributed by atoms with van der Waals surface area (Å²) in [5, 5.41) is 13.4. The molecule has 0 saturated carbocycles. The summed E-state index contributed by atoms with van der Waals surface area (Å²) in [7, 11) is 0. The molecule has 0 aliphatic heterocycles. The van der Waals surface area contributed by atoms with E-state index in [-0.39, 0.29) is 6.42 Å². The minimum atomic E-state index is -0.833. The summed E-state index contributed by atoms with van der Waals surface area (Å²) in [5.41, 5.74) is 0.202. The molecule has 6 heteroatoms. The van der Waals surface area contributed by atoms with E-state index in [0.717, 1.165) is 5.56 Å². The van der Waals surface area contributed by atoms with Crippen molar-refractivity contribution < 1.29 is 14.4 Å². The number of nitrogens with zero attached hydrogens (tertiary/aromatic N) is 3. The van der Waals surface area contributed by atoms with E-state index < -0.39 is 11.4 Å². The van der Waals surface area contributed by atoms with Gasteiger partial charge in [-0.15, -0.1) is 0 Å². The number of pyridine rings is 1. The largest absolute Gasteiger partial charge is 0.481 e. The van der Waals surface area contributed by atoms with E-state index in [4.69, 9.17) is 4.52 Å². The zero-order chi connectivity index (χ0) is 15.3. The predicted octanol–water partition coefficient (Wildman–Crippen LogP) is 2.49. The van der Waals surface area contributed by atoms with Crippen molar-refractivity contribution in [3.63, 3.8) is 0 Å². The number of carboxylic acids is 1. The average molecular weight is 289 g/mol. The van der Waals surface area contributed by atoms with E-state index in [1.165, 1.54) is 0 Å². The van der Waals surface area contributed by atoms with E-state index in [1.807, 2.05) is 26.0 Å². The third kappa shape index (κ3) is 3.45. The van der Waals surface area contributed by atoms with Crippen LogP contribution < -0.4 is 0 Å². The number of carbonyl (C=O) groups is 1. The van der Waals surface area contributed by atoms with Crippen molar-refractivity contribution in [2.24, 2.45) is 5.41 Å². The first-order valence-electron chi connectivity index (χ1n) is 7.03. The Morgan fingerprint density at radius 2 is 1.95 bits per heavy atom. The topological polar surface area (TPSA) is 89.1 Å². The van der Waals surface area contributed by atoms with Crippen LogP contribution in [0.2, 0.25) is 0 Å². The summed E-state index contributed by atoms with van der Waals surface area (Å²) in [6, 6.07) is 3.77. The molecule has 21 heavy (non-hydrogen) atoms. The highest BCUT2D eigenvalue weighted by Crippen LogP contribution is 2.30. The number of carboxylic acid groups (broad SMARTS) is 1. The monoisotopic (exact) mass is 289 g/mol. The van der Waals surface area contributed by atoms with Crippen molar-refractivity contribution in [1.82, 2.24) is 15.1 Å². The van der Waals surface area contributed by atoms with E-state index >= 15 is 0 Å². The van der Waals surface area contributed by atoms with Gasteiger partial charge in [-0.25, -0.2) is 0 Å². The molecule has 0 atom stereocenters. The zero-order valence-electron chi connectivity index (χ0n) is 12.2. The predicted molar refractivity (Wildman–Crippen MR) is 75.7 cm³/mol. The van der Waals surface area contributed by atoms with Crippen molar-refractivity contribution in [1.29, 1.82) is 0 Å². The van der Waals surface area contributed by atoms with Crippen LogP contribution in [0.3, 0.4) is 0 Å². The SMILES string of the molecule is CCC(CC)(Cc1nc(Cc2ccncc2)no1)C(=O)O. The van der Waals surface area contributed by atoms with Crippen molar-refractivity contribution in [2.45, 2.75) is 39.5 Å². The molecular formula is C15H19N3O3. The quantitative estimate of drug-likeness (QED) is 0.842. The van der Waals surface area contributed by atoms with Crippen LogP contribution in [0.5, 0.6) is 0 Å².